The fraction of sp³-hybridized carbons (Fsp3) is 0.340. The van der Waals surface area contributed by atoms with Crippen LogP contribution in [0.25, 0.3) is 21.7 Å². The lowest BCUT2D eigenvalue weighted by atomic mass is 9.99. The number of unbranched alkanes of at least 4 members (excludes halogenated alkanes) is 1. The largest absolute Gasteiger partial charge is 0.508 e. The predicted octanol–water partition coefficient (Wildman–Crippen LogP) is 0.706. The average molecular weight is 891 g/mol. The van der Waals surface area contributed by atoms with E-state index in [0.29, 0.717) is 36.1 Å². The first kappa shape index (κ1) is 48.7. The number of hydrogen-bond donors (Lipinski definition) is 11. The minimum Gasteiger partial charge on any atom is -0.508 e. The van der Waals surface area contributed by atoms with E-state index in [1.165, 1.54) is 12.1 Å². The molecule has 0 saturated heterocycles. The number of aromatic hydroxyl groups is 1. The zero-order chi connectivity index (χ0) is 47.0. The molecule has 0 bridgehead atoms. The standard InChI is InChI=1S/C47H58N10O8/c1-2-35(42(51)60)53-45(63)38(22-27-15-18-32(58)19-16-27)56-44(62)37(13-7-8-20-48)54-47(65)40(24-31-26-52-36-12-6-5-11-33(31)36)57-46(64)39(55-43(61)34(49)25-41(50)59)23-28-14-17-29-9-3-4-10-30(29)21-28/h3-6,9-12,14-19,21,26,34-35,37-40,52,58H,2,7-8,13,20,22-25,48-49H2,1H3,(H2,50,59)(H2,51,60)(H,53,63)(H,54,65)(H,55,61)(H,56,62)(H,57,64)/t34-,35?,37-,38-,39?,40-/m0/s1. The van der Waals surface area contributed by atoms with Crippen molar-refractivity contribution in [2.75, 3.05) is 6.54 Å². The number of nitrogens with one attached hydrogen (secondary N) is 6. The molecule has 5 rings (SSSR count). The van der Waals surface area contributed by atoms with Gasteiger partial charge in [-0.3, -0.25) is 33.6 Å². The number of phenols is 1. The number of fused-ring (bicyclic) bond motifs is 2. The Hall–Kier alpha value is -7.31. The van der Waals surface area contributed by atoms with Crippen LogP contribution in [0.5, 0.6) is 5.75 Å². The molecule has 6 atom stereocenters. The van der Waals surface area contributed by atoms with Gasteiger partial charge in [-0.05, 0) is 77.9 Å². The number of para-hydroxylation sites is 1. The molecule has 344 valence electrons. The first-order chi connectivity index (χ1) is 31.1. The Kier molecular flexibility index (Phi) is 17.5. The average Bonchev–Trinajstić information content (AvgIpc) is 3.69. The van der Waals surface area contributed by atoms with E-state index in [4.69, 9.17) is 22.9 Å². The van der Waals surface area contributed by atoms with Crippen LogP contribution < -0.4 is 49.5 Å². The first-order valence-corrected chi connectivity index (χ1v) is 21.5. The molecular weight excluding hydrogens is 833 g/mol. The molecule has 5 aromatic rings. The molecule has 0 fully saturated rings. The van der Waals surface area contributed by atoms with Crippen molar-refractivity contribution in [1.82, 2.24) is 31.6 Å². The highest BCUT2D eigenvalue weighted by atomic mass is 16.3. The van der Waals surface area contributed by atoms with Gasteiger partial charge in [-0.25, -0.2) is 0 Å². The van der Waals surface area contributed by atoms with Crippen LogP contribution in [0.3, 0.4) is 0 Å². The summed E-state index contributed by atoms with van der Waals surface area (Å²) in [4.78, 5) is 97.2. The molecule has 18 heteroatoms. The maximum absolute atomic E-state index is 14.6. The molecular formula is C47H58N10O8. The summed E-state index contributed by atoms with van der Waals surface area (Å²) in [6, 6.07) is 19.0. The number of aromatic amines is 1. The Morgan fingerprint density at radius 3 is 1.78 bits per heavy atom. The third kappa shape index (κ3) is 14.1. The Labute approximate surface area is 376 Å². The number of amides is 7. The van der Waals surface area contributed by atoms with Crippen LogP contribution >= 0.6 is 0 Å². The smallest absolute Gasteiger partial charge is 0.243 e. The van der Waals surface area contributed by atoms with Crippen molar-refractivity contribution in [3.63, 3.8) is 0 Å². The third-order valence-corrected chi connectivity index (χ3v) is 11.0. The molecule has 15 N–H and O–H groups in total. The van der Waals surface area contributed by atoms with E-state index in [0.717, 1.165) is 21.7 Å². The lowest BCUT2D eigenvalue weighted by Crippen LogP contribution is -2.60. The second-order valence-electron chi connectivity index (χ2n) is 16.0. The molecule has 0 radical (unpaired) electrons. The number of hydrogen-bond acceptors (Lipinski definition) is 10. The fourth-order valence-electron chi connectivity index (χ4n) is 7.43. The monoisotopic (exact) mass is 890 g/mol. The van der Waals surface area contributed by atoms with Crippen molar-refractivity contribution in [2.24, 2.45) is 22.9 Å². The van der Waals surface area contributed by atoms with Crippen molar-refractivity contribution in [2.45, 2.75) is 94.5 Å². The molecule has 0 aliphatic carbocycles. The molecule has 1 heterocycles. The van der Waals surface area contributed by atoms with E-state index in [1.54, 1.807) is 25.3 Å². The van der Waals surface area contributed by atoms with Crippen molar-refractivity contribution in [3.8, 4) is 5.75 Å². The minimum atomic E-state index is -1.36. The number of rotatable bonds is 24. The number of benzene rings is 4. The molecule has 4 aromatic carbocycles. The van der Waals surface area contributed by atoms with Crippen LogP contribution in [-0.2, 0) is 52.8 Å². The zero-order valence-electron chi connectivity index (χ0n) is 36.2. The Morgan fingerprint density at radius 1 is 0.615 bits per heavy atom. The van der Waals surface area contributed by atoms with E-state index >= 15 is 0 Å². The molecule has 7 amide bonds. The van der Waals surface area contributed by atoms with Crippen LogP contribution in [-0.4, -0.2) is 94.2 Å². The molecule has 65 heavy (non-hydrogen) atoms. The predicted molar refractivity (Wildman–Crippen MR) is 245 cm³/mol. The number of nitrogens with two attached hydrogens (primary N) is 4. The SMILES string of the molecule is CCC(NC(=O)[C@H](Cc1ccc(O)cc1)NC(=O)[C@H](CCCCN)NC(=O)[C@H](Cc1c[nH]c2ccccc12)NC(=O)C(Cc1ccc2ccccc2c1)NC(=O)[C@@H](N)CC(N)=O)C(N)=O. The molecule has 0 saturated carbocycles. The number of primary amides is 2. The van der Waals surface area contributed by atoms with Crippen molar-refractivity contribution in [1.29, 1.82) is 0 Å². The van der Waals surface area contributed by atoms with Gasteiger partial charge in [0.15, 0.2) is 0 Å². The van der Waals surface area contributed by atoms with E-state index in [-0.39, 0.29) is 37.9 Å². The van der Waals surface area contributed by atoms with Crippen LogP contribution in [0.1, 0.15) is 55.7 Å². The summed E-state index contributed by atoms with van der Waals surface area (Å²) in [6.07, 6.45) is 2.26. The van der Waals surface area contributed by atoms with Gasteiger partial charge in [-0.1, -0.05) is 79.7 Å². The number of aromatic nitrogens is 1. The van der Waals surface area contributed by atoms with Gasteiger partial charge in [0.1, 0.15) is 36.0 Å². The molecule has 18 nitrogen and oxygen atoms in total. The number of phenolic OH excluding ortho intramolecular Hbond substituents is 1. The zero-order valence-corrected chi connectivity index (χ0v) is 36.2. The van der Waals surface area contributed by atoms with Crippen LogP contribution in [0.15, 0.2) is 97.2 Å². The van der Waals surface area contributed by atoms with Gasteiger partial charge in [-0.2, -0.15) is 0 Å². The van der Waals surface area contributed by atoms with Crippen LogP contribution in [0.2, 0.25) is 0 Å². The summed E-state index contributed by atoms with van der Waals surface area (Å²) < 4.78 is 0. The number of carbonyl (C=O) groups is 7. The summed E-state index contributed by atoms with van der Waals surface area (Å²) in [5, 5.41) is 26.1. The molecule has 0 spiro atoms. The number of carbonyl (C=O) groups excluding carboxylic acids is 7. The Morgan fingerprint density at radius 2 is 1.15 bits per heavy atom. The Balaban J connectivity index is 1.46. The summed E-state index contributed by atoms with van der Waals surface area (Å²) in [7, 11) is 0. The van der Waals surface area contributed by atoms with Crippen LogP contribution in [0.4, 0.5) is 0 Å². The Bertz CT molecular complexity index is 2470. The van der Waals surface area contributed by atoms with Gasteiger partial charge < -0.3 is 59.6 Å². The van der Waals surface area contributed by atoms with E-state index in [9.17, 15) is 38.7 Å². The normalized spacial score (nSPS) is 14.0. The van der Waals surface area contributed by atoms with Gasteiger partial charge in [0, 0.05) is 36.4 Å². The fourth-order valence-corrected chi connectivity index (χ4v) is 7.43. The van der Waals surface area contributed by atoms with Gasteiger partial charge >= 0.3 is 0 Å². The van der Waals surface area contributed by atoms with E-state index in [1.807, 2.05) is 66.7 Å². The lowest BCUT2D eigenvalue weighted by molar-refractivity contribution is -0.135. The maximum atomic E-state index is 14.6. The second kappa shape index (κ2) is 23.4. The highest BCUT2D eigenvalue weighted by molar-refractivity contribution is 5.98. The highest BCUT2D eigenvalue weighted by Crippen LogP contribution is 2.21. The summed E-state index contributed by atoms with van der Waals surface area (Å²) in [5.74, 6) is -5.35. The van der Waals surface area contributed by atoms with Crippen LogP contribution in [0, 0.1) is 0 Å². The van der Waals surface area contributed by atoms with Crippen molar-refractivity contribution >= 4 is 63.0 Å². The topological polar surface area (TPSA) is 320 Å². The van der Waals surface area contributed by atoms with Gasteiger partial charge in [0.2, 0.25) is 41.4 Å². The van der Waals surface area contributed by atoms with Crippen molar-refractivity contribution < 1.29 is 38.7 Å². The molecule has 0 aliphatic rings. The van der Waals surface area contributed by atoms with Gasteiger partial charge in [0.25, 0.3) is 0 Å². The quantitative estimate of drug-likeness (QED) is 0.0386. The van der Waals surface area contributed by atoms with Gasteiger partial charge in [0.05, 0.1) is 12.5 Å². The second-order valence-corrected chi connectivity index (χ2v) is 16.0. The molecule has 1 aromatic heterocycles. The maximum Gasteiger partial charge on any atom is 0.243 e. The molecule has 0 aliphatic heterocycles. The number of H-pyrrole nitrogens is 1. The first-order valence-electron chi connectivity index (χ1n) is 21.5. The molecule has 2 unspecified atom stereocenters. The summed E-state index contributed by atoms with van der Waals surface area (Å²) >= 11 is 0. The summed E-state index contributed by atoms with van der Waals surface area (Å²) in [5.41, 5.74) is 25.3. The minimum absolute atomic E-state index is 0.00966. The highest BCUT2D eigenvalue weighted by Gasteiger charge is 2.33. The van der Waals surface area contributed by atoms with Crippen molar-refractivity contribution in [3.05, 3.63) is 114 Å². The van der Waals surface area contributed by atoms with E-state index < -0.39 is 84.0 Å². The third-order valence-electron chi connectivity index (χ3n) is 11.0. The summed E-state index contributed by atoms with van der Waals surface area (Å²) in [6.45, 7) is 1.96. The lowest BCUT2D eigenvalue weighted by Gasteiger charge is -2.27. The van der Waals surface area contributed by atoms with E-state index in [2.05, 4.69) is 31.6 Å². The van der Waals surface area contributed by atoms with Gasteiger partial charge in [-0.15, -0.1) is 0 Å².